The van der Waals surface area contributed by atoms with Gasteiger partial charge in [-0.3, -0.25) is 19.3 Å². The summed E-state index contributed by atoms with van der Waals surface area (Å²) in [5.41, 5.74) is 6.65. The molecule has 4 atom stereocenters. The summed E-state index contributed by atoms with van der Waals surface area (Å²) in [5, 5.41) is 5.79. The van der Waals surface area contributed by atoms with Gasteiger partial charge in [0.1, 0.15) is 23.7 Å². The molecule has 0 aromatic heterocycles. The summed E-state index contributed by atoms with van der Waals surface area (Å²) in [4.78, 5) is 55.2. The van der Waals surface area contributed by atoms with Crippen LogP contribution < -0.4 is 16.4 Å². The van der Waals surface area contributed by atoms with Crippen LogP contribution in [0.2, 0.25) is 0 Å². The summed E-state index contributed by atoms with van der Waals surface area (Å²) in [6.07, 6.45) is 3.74. The standard InChI is InChI=1S/C27H41N5O5/c1-17(31(5)26(36)37-27(2,3)4)23(33)30-21-12-7-6-11-20-13-14-22(32(20)25(21)35)24(34)29-16-18-9-8-10-19(28)15-18/h8-10,15,17,20-22H,6-7,11-14,16,28H2,1-5H3,(H,29,34)(H,30,33)/t17-,20?,21-,22-/m0/s1. The fraction of sp³-hybridized carbons (Fsp3) is 0.630. The van der Waals surface area contributed by atoms with Crippen LogP contribution in [0, 0.1) is 0 Å². The van der Waals surface area contributed by atoms with Crippen molar-refractivity contribution in [3.05, 3.63) is 29.8 Å². The molecule has 4 N–H and O–H groups in total. The van der Waals surface area contributed by atoms with E-state index < -0.39 is 35.7 Å². The minimum absolute atomic E-state index is 0.0304. The van der Waals surface area contributed by atoms with Gasteiger partial charge in [0.2, 0.25) is 17.7 Å². The number of hydrogen-bond acceptors (Lipinski definition) is 6. The topological polar surface area (TPSA) is 134 Å². The van der Waals surface area contributed by atoms with Crippen molar-refractivity contribution in [1.82, 2.24) is 20.4 Å². The summed E-state index contributed by atoms with van der Waals surface area (Å²) in [5.74, 6) is -0.889. The largest absolute Gasteiger partial charge is 0.444 e. The van der Waals surface area contributed by atoms with Crippen LogP contribution in [0.4, 0.5) is 10.5 Å². The first-order valence-corrected chi connectivity index (χ1v) is 13.1. The number of rotatable bonds is 6. The Hall–Kier alpha value is -3.30. The molecule has 10 nitrogen and oxygen atoms in total. The Balaban J connectivity index is 1.67. The van der Waals surface area contributed by atoms with Crippen LogP contribution in [0.5, 0.6) is 0 Å². The second-order valence-electron chi connectivity index (χ2n) is 11.1. The average Bonchev–Trinajstić information content (AvgIpc) is 3.24. The maximum absolute atomic E-state index is 13.7. The number of nitrogens with one attached hydrogen (secondary N) is 2. The quantitative estimate of drug-likeness (QED) is 0.499. The molecule has 1 unspecified atom stereocenters. The van der Waals surface area contributed by atoms with Gasteiger partial charge in [-0.2, -0.15) is 0 Å². The van der Waals surface area contributed by atoms with E-state index in [4.69, 9.17) is 10.5 Å². The number of nitrogens with two attached hydrogens (primary N) is 1. The highest BCUT2D eigenvalue weighted by atomic mass is 16.6. The second-order valence-corrected chi connectivity index (χ2v) is 11.1. The van der Waals surface area contributed by atoms with Crippen molar-refractivity contribution in [3.63, 3.8) is 0 Å². The number of anilines is 1. The van der Waals surface area contributed by atoms with Gasteiger partial charge in [-0.25, -0.2) is 4.79 Å². The molecule has 1 aromatic rings. The van der Waals surface area contributed by atoms with Gasteiger partial charge in [0, 0.05) is 25.3 Å². The summed E-state index contributed by atoms with van der Waals surface area (Å²) < 4.78 is 5.36. The Kier molecular flexibility index (Phi) is 9.04. The summed E-state index contributed by atoms with van der Waals surface area (Å²) in [7, 11) is 1.50. The molecule has 1 aromatic carbocycles. The molecule has 2 fully saturated rings. The molecule has 3 rings (SSSR count). The fourth-order valence-electron chi connectivity index (χ4n) is 4.89. The lowest BCUT2D eigenvalue weighted by Crippen LogP contribution is -2.58. The molecule has 10 heteroatoms. The van der Waals surface area contributed by atoms with Crippen LogP contribution >= 0.6 is 0 Å². The number of amides is 4. The average molecular weight is 516 g/mol. The van der Waals surface area contributed by atoms with E-state index in [0.717, 1.165) is 31.2 Å². The molecule has 2 saturated heterocycles. The van der Waals surface area contributed by atoms with Crippen molar-refractivity contribution in [2.75, 3.05) is 12.8 Å². The highest BCUT2D eigenvalue weighted by Crippen LogP contribution is 2.31. The summed E-state index contributed by atoms with van der Waals surface area (Å²) >= 11 is 0. The van der Waals surface area contributed by atoms with Gasteiger partial charge in [-0.05, 0) is 71.1 Å². The predicted octanol–water partition coefficient (Wildman–Crippen LogP) is 2.56. The zero-order valence-electron chi connectivity index (χ0n) is 22.6. The Morgan fingerprint density at radius 2 is 1.86 bits per heavy atom. The third-order valence-electron chi connectivity index (χ3n) is 7.01. The van der Waals surface area contributed by atoms with Crippen molar-refractivity contribution in [2.24, 2.45) is 0 Å². The maximum Gasteiger partial charge on any atom is 0.410 e. The van der Waals surface area contributed by atoms with E-state index in [1.807, 2.05) is 12.1 Å². The van der Waals surface area contributed by atoms with E-state index in [9.17, 15) is 19.2 Å². The number of benzene rings is 1. The van der Waals surface area contributed by atoms with Crippen molar-refractivity contribution in [2.45, 2.75) is 103 Å². The van der Waals surface area contributed by atoms with Crippen molar-refractivity contribution < 1.29 is 23.9 Å². The highest BCUT2D eigenvalue weighted by Gasteiger charge is 2.44. The van der Waals surface area contributed by atoms with Gasteiger partial charge in [0.05, 0.1) is 0 Å². The molecule has 0 radical (unpaired) electrons. The fourth-order valence-corrected chi connectivity index (χ4v) is 4.89. The number of ether oxygens (including phenoxy) is 1. The lowest BCUT2D eigenvalue weighted by molar-refractivity contribution is -0.144. The molecule has 0 aliphatic carbocycles. The number of fused-ring (bicyclic) bond motifs is 1. The zero-order chi connectivity index (χ0) is 27.3. The van der Waals surface area contributed by atoms with E-state index in [-0.39, 0.29) is 17.9 Å². The van der Waals surface area contributed by atoms with Gasteiger partial charge in [-0.15, -0.1) is 0 Å². The predicted molar refractivity (Wildman–Crippen MR) is 140 cm³/mol. The van der Waals surface area contributed by atoms with E-state index >= 15 is 0 Å². The van der Waals surface area contributed by atoms with E-state index in [1.54, 1.807) is 44.7 Å². The molecule has 0 bridgehead atoms. The first-order valence-electron chi connectivity index (χ1n) is 13.1. The first-order chi connectivity index (χ1) is 17.4. The van der Waals surface area contributed by atoms with Crippen molar-refractivity contribution in [1.29, 1.82) is 0 Å². The van der Waals surface area contributed by atoms with Crippen molar-refractivity contribution in [3.8, 4) is 0 Å². The van der Waals surface area contributed by atoms with Crippen LogP contribution in [0.3, 0.4) is 0 Å². The first kappa shape index (κ1) is 28.3. The van der Waals surface area contributed by atoms with Crippen LogP contribution in [-0.2, 0) is 25.7 Å². The Morgan fingerprint density at radius 3 is 2.54 bits per heavy atom. The molecule has 0 spiro atoms. The molecule has 0 saturated carbocycles. The normalized spacial score (nSPS) is 22.8. The molecule has 37 heavy (non-hydrogen) atoms. The highest BCUT2D eigenvalue weighted by molar-refractivity contribution is 5.94. The molecular formula is C27H41N5O5. The number of likely N-dealkylation sites (N-methyl/N-ethyl adjacent to an activating group) is 1. The third-order valence-corrected chi connectivity index (χ3v) is 7.01. The van der Waals surface area contributed by atoms with Crippen LogP contribution in [-0.4, -0.2) is 70.4 Å². The summed E-state index contributed by atoms with van der Waals surface area (Å²) in [6.45, 7) is 7.18. The summed E-state index contributed by atoms with van der Waals surface area (Å²) in [6, 6.07) is 5.10. The van der Waals surface area contributed by atoms with Crippen LogP contribution in [0.15, 0.2) is 24.3 Å². The van der Waals surface area contributed by atoms with Gasteiger partial charge in [0.25, 0.3) is 0 Å². The SMILES string of the molecule is C[C@@H](C(=O)N[C@H]1CCCCC2CC[C@@H](C(=O)NCc3cccc(N)c3)N2C1=O)N(C)C(=O)OC(C)(C)C. The Morgan fingerprint density at radius 1 is 1.16 bits per heavy atom. The van der Waals surface area contributed by atoms with Gasteiger partial charge in [0.15, 0.2) is 0 Å². The van der Waals surface area contributed by atoms with Crippen molar-refractivity contribution >= 4 is 29.5 Å². The minimum atomic E-state index is -0.833. The number of carbonyl (C=O) groups excluding carboxylic acids is 4. The number of hydrogen-bond donors (Lipinski definition) is 3. The minimum Gasteiger partial charge on any atom is -0.444 e. The van der Waals surface area contributed by atoms with Gasteiger partial charge in [-0.1, -0.05) is 25.0 Å². The maximum atomic E-state index is 13.7. The molecule has 2 aliphatic heterocycles. The zero-order valence-corrected chi connectivity index (χ0v) is 22.6. The molecular weight excluding hydrogens is 474 g/mol. The molecule has 204 valence electrons. The smallest absolute Gasteiger partial charge is 0.410 e. The molecule has 2 aliphatic rings. The lowest BCUT2D eigenvalue weighted by atomic mass is 9.98. The molecule has 4 amide bonds. The van der Waals surface area contributed by atoms with Gasteiger partial charge < -0.3 is 26.0 Å². The molecule has 2 heterocycles. The second kappa shape index (κ2) is 11.8. The van der Waals surface area contributed by atoms with Gasteiger partial charge >= 0.3 is 6.09 Å². The van der Waals surface area contributed by atoms with E-state index in [1.165, 1.54) is 11.9 Å². The number of nitrogens with zero attached hydrogens (tertiary/aromatic N) is 2. The lowest BCUT2D eigenvalue weighted by Gasteiger charge is -2.36. The third kappa shape index (κ3) is 7.36. The Labute approximate surface area is 219 Å². The number of nitrogen functional groups attached to an aromatic ring is 1. The monoisotopic (exact) mass is 515 g/mol. The van der Waals surface area contributed by atoms with Crippen LogP contribution in [0.25, 0.3) is 0 Å². The van der Waals surface area contributed by atoms with E-state index in [2.05, 4.69) is 10.6 Å². The van der Waals surface area contributed by atoms with E-state index in [0.29, 0.717) is 25.1 Å². The number of carbonyl (C=O) groups is 4. The van der Waals surface area contributed by atoms with Crippen LogP contribution in [0.1, 0.15) is 71.8 Å². The Bertz CT molecular complexity index is 1010.